The number of primary sulfonamides is 1. The number of hydrogen-bond donors (Lipinski definition) is 1. The molecule has 0 radical (unpaired) electrons. The van der Waals surface area contributed by atoms with Crippen molar-refractivity contribution in [1.82, 2.24) is 4.98 Å². The highest BCUT2D eigenvalue weighted by Gasteiger charge is 2.13. The van der Waals surface area contributed by atoms with Crippen LogP contribution in [0.3, 0.4) is 0 Å². The molecule has 0 saturated carbocycles. The molecule has 1 aromatic carbocycles. The molecule has 0 aliphatic heterocycles. The summed E-state index contributed by atoms with van der Waals surface area (Å²) in [7, 11) is -3.80. The van der Waals surface area contributed by atoms with Gasteiger partial charge in [0.1, 0.15) is 4.90 Å². The van der Waals surface area contributed by atoms with Crippen molar-refractivity contribution in [1.29, 1.82) is 0 Å². The van der Waals surface area contributed by atoms with E-state index in [9.17, 15) is 8.42 Å². The van der Waals surface area contributed by atoms with Crippen molar-refractivity contribution >= 4 is 37.9 Å². The number of sulfonamides is 1. The molecule has 2 aromatic rings. The molecule has 0 spiro atoms. The van der Waals surface area contributed by atoms with E-state index in [0.29, 0.717) is 5.69 Å². The van der Waals surface area contributed by atoms with Gasteiger partial charge in [0.05, 0.1) is 5.69 Å². The first-order valence-corrected chi connectivity index (χ1v) is 7.98. The maximum absolute atomic E-state index is 11.5. The number of nitrogens with two attached hydrogens (primary N) is 1. The van der Waals surface area contributed by atoms with Gasteiger partial charge in [-0.1, -0.05) is 6.07 Å². The lowest BCUT2D eigenvalue weighted by molar-refractivity contribution is 0.598. The van der Waals surface area contributed by atoms with Crippen LogP contribution >= 0.6 is 15.9 Å². The zero-order valence-electron chi connectivity index (χ0n) is 10.6. The molecule has 7 heteroatoms. The summed E-state index contributed by atoms with van der Waals surface area (Å²) in [5, 5.41) is 5.18. The van der Waals surface area contributed by atoms with E-state index in [4.69, 9.17) is 5.14 Å². The number of nitrogens with zero attached hydrogens (tertiary/aromatic N) is 2. The molecule has 0 amide bonds. The van der Waals surface area contributed by atoms with E-state index in [-0.39, 0.29) is 4.90 Å². The van der Waals surface area contributed by atoms with Crippen LogP contribution in [0.15, 0.2) is 51.0 Å². The molecular weight excluding hydrogens is 342 g/mol. The fraction of sp³-hybridized carbons (Fsp3) is 0.0769. The van der Waals surface area contributed by atoms with Crippen molar-refractivity contribution in [2.45, 2.75) is 11.8 Å². The molecule has 0 aliphatic carbocycles. The molecule has 1 aromatic heterocycles. The normalized spacial score (nSPS) is 11.9. The van der Waals surface area contributed by atoms with E-state index in [1.54, 1.807) is 30.7 Å². The van der Waals surface area contributed by atoms with Gasteiger partial charge in [0, 0.05) is 28.6 Å². The van der Waals surface area contributed by atoms with E-state index >= 15 is 0 Å². The Labute approximate surface area is 125 Å². The lowest BCUT2D eigenvalue weighted by atomic mass is 10.2. The summed E-state index contributed by atoms with van der Waals surface area (Å²) < 4.78 is 23.8. The molecule has 5 nitrogen and oxygen atoms in total. The van der Waals surface area contributed by atoms with Gasteiger partial charge in [0.2, 0.25) is 10.0 Å². The van der Waals surface area contributed by atoms with Gasteiger partial charge in [-0.25, -0.2) is 13.6 Å². The van der Waals surface area contributed by atoms with Crippen LogP contribution in [0.4, 0.5) is 5.69 Å². The van der Waals surface area contributed by atoms with Crippen LogP contribution in [0.25, 0.3) is 0 Å². The predicted molar refractivity (Wildman–Crippen MR) is 81.7 cm³/mol. The highest BCUT2D eigenvalue weighted by molar-refractivity contribution is 9.10. The van der Waals surface area contributed by atoms with Gasteiger partial charge in [0.15, 0.2) is 0 Å². The largest absolute Gasteiger partial charge is 0.263 e. The number of pyridine rings is 1. The first kappa shape index (κ1) is 14.8. The maximum Gasteiger partial charge on any atom is 0.240 e. The topological polar surface area (TPSA) is 85.4 Å². The number of aromatic nitrogens is 1. The van der Waals surface area contributed by atoms with Crippen LogP contribution < -0.4 is 5.14 Å². The molecule has 2 N–H and O–H groups in total. The Kier molecular flexibility index (Phi) is 4.32. The van der Waals surface area contributed by atoms with Crippen LogP contribution in [0.5, 0.6) is 0 Å². The molecule has 0 bridgehead atoms. The van der Waals surface area contributed by atoms with E-state index in [1.807, 2.05) is 13.0 Å². The van der Waals surface area contributed by atoms with Gasteiger partial charge in [-0.05, 0) is 46.6 Å². The zero-order valence-corrected chi connectivity index (χ0v) is 13.0. The summed E-state index contributed by atoms with van der Waals surface area (Å²) in [6, 6.07) is 6.63. The third-order valence-corrected chi connectivity index (χ3v) is 3.89. The summed E-state index contributed by atoms with van der Waals surface area (Å²) >= 11 is 3.31. The zero-order chi connectivity index (χ0) is 14.8. The molecular formula is C13H12BrN3O2S. The van der Waals surface area contributed by atoms with Gasteiger partial charge in [-0.15, -0.1) is 0 Å². The Morgan fingerprint density at radius 2 is 2.05 bits per heavy atom. The first-order valence-electron chi connectivity index (χ1n) is 5.64. The van der Waals surface area contributed by atoms with Crippen molar-refractivity contribution in [3.05, 3.63) is 52.3 Å². The van der Waals surface area contributed by atoms with E-state index in [0.717, 1.165) is 15.6 Å². The average molecular weight is 354 g/mol. The first-order chi connectivity index (χ1) is 9.36. The predicted octanol–water partition coefficient (Wildman–Crippen LogP) is 2.55. The smallest absolute Gasteiger partial charge is 0.240 e. The van der Waals surface area contributed by atoms with Crippen LogP contribution in [0.1, 0.15) is 11.1 Å². The molecule has 104 valence electrons. The average Bonchev–Trinajstić information content (AvgIpc) is 2.35. The summed E-state index contributed by atoms with van der Waals surface area (Å²) in [4.78, 5) is 8.21. The molecule has 0 unspecified atom stereocenters. The van der Waals surface area contributed by atoms with Gasteiger partial charge >= 0.3 is 0 Å². The number of aryl methyl sites for hydroxylation is 1. The third-order valence-electron chi connectivity index (χ3n) is 2.50. The maximum atomic E-state index is 11.5. The number of aliphatic imine (C=N–C) groups is 1. The Morgan fingerprint density at radius 1 is 1.30 bits per heavy atom. The number of rotatable bonds is 3. The number of hydrogen-bond acceptors (Lipinski definition) is 4. The lowest BCUT2D eigenvalue weighted by Crippen LogP contribution is -2.12. The Hall–Kier alpha value is -1.57. The third kappa shape index (κ3) is 3.72. The highest BCUT2D eigenvalue weighted by Crippen LogP contribution is 2.24. The standard InChI is InChI=1S/C13H12BrN3O2S/c1-9-2-3-13(20(15,18)19)12(4-9)17-7-10-5-11(14)8-16-6-10/h2-8H,1H3,(H2,15,18,19). The lowest BCUT2D eigenvalue weighted by Gasteiger charge is -2.04. The van der Waals surface area contributed by atoms with Crippen LogP contribution in [0.2, 0.25) is 0 Å². The van der Waals surface area contributed by atoms with Gasteiger partial charge in [0.25, 0.3) is 0 Å². The molecule has 0 fully saturated rings. The molecule has 1 heterocycles. The minimum atomic E-state index is -3.80. The second-order valence-corrected chi connectivity index (χ2v) is 6.66. The summed E-state index contributed by atoms with van der Waals surface area (Å²) in [5.74, 6) is 0. The molecule has 20 heavy (non-hydrogen) atoms. The van der Waals surface area contributed by atoms with E-state index in [2.05, 4.69) is 25.9 Å². The van der Waals surface area contributed by atoms with Gasteiger partial charge in [-0.2, -0.15) is 0 Å². The van der Waals surface area contributed by atoms with Gasteiger partial charge < -0.3 is 0 Å². The molecule has 0 atom stereocenters. The number of benzene rings is 1. The van der Waals surface area contributed by atoms with E-state index in [1.165, 1.54) is 6.07 Å². The van der Waals surface area contributed by atoms with Crippen molar-refractivity contribution < 1.29 is 8.42 Å². The minimum Gasteiger partial charge on any atom is -0.263 e. The van der Waals surface area contributed by atoms with Crippen molar-refractivity contribution in [3.8, 4) is 0 Å². The minimum absolute atomic E-state index is 0.00214. The number of halogens is 1. The Balaban J connectivity index is 2.45. The monoisotopic (exact) mass is 353 g/mol. The summed E-state index contributed by atoms with van der Waals surface area (Å²) in [6.45, 7) is 1.85. The second kappa shape index (κ2) is 5.82. The molecule has 0 aliphatic rings. The van der Waals surface area contributed by atoms with Crippen LogP contribution in [0, 0.1) is 6.92 Å². The van der Waals surface area contributed by atoms with Crippen molar-refractivity contribution in [2.75, 3.05) is 0 Å². The highest BCUT2D eigenvalue weighted by atomic mass is 79.9. The fourth-order valence-electron chi connectivity index (χ4n) is 1.61. The molecule has 2 rings (SSSR count). The summed E-state index contributed by atoms with van der Waals surface area (Å²) in [6.07, 6.45) is 4.82. The summed E-state index contributed by atoms with van der Waals surface area (Å²) in [5.41, 5.74) is 1.96. The Bertz CT molecular complexity index is 773. The van der Waals surface area contributed by atoms with Crippen molar-refractivity contribution in [2.24, 2.45) is 10.1 Å². The van der Waals surface area contributed by atoms with E-state index < -0.39 is 10.0 Å². The molecule has 0 saturated heterocycles. The van der Waals surface area contributed by atoms with Gasteiger partial charge in [-0.3, -0.25) is 9.98 Å². The van der Waals surface area contributed by atoms with Crippen LogP contribution in [-0.4, -0.2) is 19.6 Å². The fourth-order valence-corrected chi connectivity index (χ4v) is 2.66. The quantitative estimate of drug-likeness (QED) is 0.860. The van der Waals surface area contributed by atoms with Crippen molar-refractivity contribution in [3.63, 3.8) is 0 Å². The Morgan fingerprint density at radius 3 is 2.70 bits per heavy atom. The SMILES string of the molecule is Cc1ccc(S(N)(=O)=O)c(N=Cc2cncc(Br)c2)c1. The second-order valence-electron chi connectivity index (χ2n) is 4.21. The van der Waals surface area contributed by atoms with Crippen LogP contribution in [-0.2, 0) is 10.0 Å².